The summed E-state index contributed by atoms with van der Waals surface area (Å²) in [7, 11) is 0. The van der Waals surface area contributed by atoms with Gasteiger partial charge in [-0.2, -0.15) is 0 Å². The average Bonchev–Trinajstić information content (AvgIpc) is 3.16. The Kier molecular flexibility index (Phi) is 5.20. The van der Waals surface area contributed by atoms with Crippen molar-refractivity contribution in [2.45, 2.75) is 12.8 Å². The van der Waals surface area contributed by atoms with Crippen LogP contribution in [0.5, 0.6) is 0 Å². The van der Waals surface area contributed by atoms with Gasteiger partial charge in [0.05, 0.1) is 14.4 Å². The maximum Gasteiger partial charge on any atom is 0.226 e. The number of halogens is 2. The zero-order valence-corrected chi connectivity index (χ0v) is 15.1. The van der Waals surface area contributed by atoms with E-state index in [1.165, 1.54) is 23.5 Å². The number of hydrogen-bond donors (Lipinski definition) is 1. The predicted octanol–water partition coefficient (Wildman–Crippen LogP) is 5.34. The number of nitrogens with zero attached hydrogens (tertiary/aromatic N) is 1. The third-order valence-corrected chi connectivity index (χ3v) is 5.53. The Labute approximate surface area is 149 Å². The molecular weight excluding hydrogens is 399 g/mol. The molecule has 0 saturated heterocycles. The molecule has 2 aromatic heterocycles. The summed E-state index contributed by atoms with van der Waals surface area (Å²) in [6.45, 7) is 0. The number of anilines is 1. The lowest BCUT2D eigenvalue weighted by molar-refractivity contribution is -0.116. The van der Waals surface area contributed by atoms with Crippen molar-refractivity contribution in [2.24, 2.45) is 0 Å². The van der Waals surface area contributed by atoms with E-state index in [1.54, 1.807) is 23.5 Å². The summed E-state index contributed by atoms with van der Waals surface area (Å²) in [4.78, 5) is 17.5. The maximum atomic E-state index is 12.8. The van der Waals surface area contributed by atoms with Crippen LogP contribution in [-0.2, 0) is 11.2 Å². The second kappa shape index (κ2) is 7.33. The molecule has 2 heterocycles. The molecule has 3 aromatic rings. The monoisotopic (exact) mass is 410 g/mol. The number of amides is 1. The number of aromatic nitrogens is 1. The first-order chi connectivity index (χ1) is 11.1. The van der Waals surface area contributed by atoms with Crippen LogP contribution in [-0.4, -0.2) is 10.9 Å². The smallest absolute Gasteiger partial charge is 0.226 e. The number of carbonyl (C=O) groups excluding carboxylic acids is 1. The van der Waals surface area contributed by atoms with Crippen molar-refractivity contribution in [3.8, 4) is 10.6 Å². The molecule has 0 aliphatic carbocycles. The van der Waals surface area contributed by atoms with Gasteiger partial charge >= 0.3 is 0 Å². The quantitative estimate of drug-likeness (QED) is 0.616. The number of benzene rings is 1. The van der Waals surface area contributed by atoms with E-state index in [0.717, 1.165) is 19.9 Å². The summed E-state index contributed by atoms with van der Waals surface area (Å²) in [5.41, 5.74) is 1.80. The molecule has 1 N–H and O–H groups in total. The van der Waals surface area contributed by atoms with Crippen molar-refractivity contribution >= 4 is 49.6 Å². The van der Waals surface area contributed by atoms with Gasteiger partial charge in [0.2, 0.25) is 5.91 Å². The molecule has 0 fully saturated rings. The standard InChI is InChI=1S/C16H12BrFN2OS2/c17-14-7-6-13(23-14)12-9-22-16(19-12)20-15(21)8-3-10-1-4-11(18)5-2-10/h1-2,4-7,9H,3,8H2,(H,19,20,21). The van der Waals surface area contributed by atoms with Gasteiger partial charge in [-0.15, -0.1) is 22.7 Å². The number of rotatable bonds is 5. The van der Waals surface area contributed by atoms with Gasteiger partial charge in [0, 0.05) is 11.8 Å². The second-order valence-electron chi connectivity index (χ2n) is 4.82. The Morgan fingerprint density at radius 2 is 2.00 bits per heavy atom. The minimum atomic E-state index is -0.270. The van der Waals surface area contributed by atoms with Gasteiger partial charge in [-0.1, -0.05) is 12.1 Å². The van der Waals surface area contributed by atoms with Crippen LogP contribution in [0.15, 0.2) is 45.6 Å². The molecule has 0 aliphatic heterocycles. The first-order valence-electron chi connectivity index (χ1n) is 6.86. The minimum Gasteiger partial charge on any atom is -0.302 e. The Bertz CT molecular complexity index is 814. The van der Waals surface area contributed by atoms with Crippen LogP contribution >= 0.6 is 38.6 Å². The van der Waals surface area contributed by atoms with Crippen molar-refractivity contribution in [3.05, 3.63) is 56.9 Å². The molecule has 1 amide bonds. The average molecular weight is 411 g/mol. The highest BCUT2D eigenvalue weighted by Crippen LogP contribution is 2.33. The van der Waals surface area contributed by atoms with E-state index in [-0.39, 0.29) is 11.7 Å². The molecule has 3 nitrogen and oxygen atoms in total. The van der Waals surface area contributed by atoms with Gasteiger partial charge in [0.25, 0.3) is 0 Å². The number of hydrogen-bond acceptors (Lipinski definition) is 4. The van der Waals surface area contributed by atoms with E-state index in [4.69, 9.17) is 0 Å². The minimum absolute atomic E-state index is 0.0948. The van der Waals surface area contributed by atoms with E-state index in [2.05, 4.69) is 26.2 Å². The van der Waals surface area contributed by atoms with Crippen LogP contribution in [0.4, 0.5) is 9.52 Å². The van der Waals surface area contributed by atoms with Crippen molar-refractivity contribution < 1.29 is 9.18 Å². The molecule has 23 heavy (non-hydrogen) atoms. The summed E-state index contributed by atoms with van der Waals surface area (Å²) in [6.07, 6.45) is 0.910. The van der Waals surface area contributed by atoms with Gasteiger partial charge in [-0.3, -0.25) is 4.79 Å². The van der Waals surface area contributed by atoms with E-state index in [9.17, 15) is 9.18 Å². The zero-order chi connectivity index (χ0) is 16.2. The lowest BCUT2D eigenvalue weighted by atomic mass is 10.1. The lowest BCUT2D eigenvalue weighted by Gasteiger charge is -2.02. The highest BCUT2D eigenvalue weighted by atomic mass is 79.9. The van der Waals surface area contributed by atoms with E-state index < -0.39 is 0 Å². The highest BCUT2D eigenvalue weighted by Gasteiger charge is 2.10. The normalized spacial score (nSPS) is 10.7. The van der Waals surface area contributed by atoms with Gasteiger partial charge in [0.1, 0.15) is 5.82 Å². The van der Waals surface area contributed by atoms with E-state index >= 15 is 0 Å². The van der Waals surface area contributed by atoms with Crippen LogP contribution in [0.25, 0.3) is 10.6 Å². The fraction of sp³-hybridized carbons (Fsp3) is 0.125. The summed E-state index contributed by atoms with van der Waals surface area (Å²) >= 11 is 6.43. The molecular formula is C16H12BrFN2OS2. The number of thiophene rings is 1. The Morgan fingerprint density at radius 1 is 1.22 bits per heavy atom. The third-order valence-electron chi connectivity index (χ3n) is 3.13. The van der Waals surface area contributed by atoms with Crippen molar-refractivity contribution in [1.29, 1.82) is 0 Å². The molecule has 0 spiro atoms. The molecule has 0 radical (unpaired) electrons. The van der Waals surface area contributed by atoms with Crippen LogP contribution in [0, 0.1) is 5.82 Å². The van der Waals surface area contributed by atoms with Crippen molar-refractivity contribution in [2.75, 3.05) is 5.32 Å². The summed E-state index contributed by atoms with van der Waals surface area (Å²) < 4.78 is 13.9. The largest absolute Gasteiger partial charge is 0.302 e. The van der Waals surface area contributed by atoms with E-state index in [0.29, 0.717) is 18.0 Å². The summed E-state index contributed by atoms with van der Waals surface area (Å²) in [6, 6.07) is 10.2. The third kappa shape index (κ3) is 4.46. The highest BCUT2D eigenvalue weighted by molar-refractivity contribution is 9.11. The Balaban J connectivity index is 1.56. The fourth-order valence-electron chi connectivity index (χ4n) is 1.99. The first kappa shape index (κ1) is 16.3. The van der Waals surface area contributed by atoms with Gasteiger partial charge in [-0.05, 0) is 52.2 Å². The number of nitrogens with one attached hydrogen (secondary N) is 1. The zero-order valence-electron chi connectivity index (χ0n) is 11.9. The number of aryl methyl sites for hydroxylation is 1. The molecule has 3 rings (SSSR count). The molecule has 0 atom stereocenters. The second-order valence-corrected chi connectivity index (χ2v) is 8.14. The molecule has 0 aliphatic rings. The fourth-order valence-corrected chi connectivity index (χ4v) is 4.14. The molecule has 0 unspecified atom stereocenters. The van der Waals surface area contributed by atoms with Crippen LogP contribution in [0.1, 0.15) is 12.0 Å². The lowest BCUT2D eigenvalue weighted by Crippen LogP contribution is -2.12. The number of thiazole rings is 1. The summed E-state index contributed by atoms with van der Waals surface area (Å²) in [5.74, 6) is -0.365. The van der Waals surface area contributed by atoms with Gasteiger partial charge < -0.3 is 5.32 Å². The van der Waals surface area contributed by atoms with E-state index in [1.807, 2.05) is 17.5 Å². The maximum absolute atomic E-state index is 12.8. The molecule has 118 valence electrons. The van der Waals surface area contributed by atoms with Crippen molar-refractivity contribution in [1.82, 2.24) is 4.98 Å². The Hall–Kier alpha value is -1.57. The predicted molar refractivity (Wildman–Crippen MR) is 96.5 cm³/mol. The molecule has 0 bridgehead atoms. The molecule has 1 aromatic carbocycles. The molecule has 0 saturated carbocycles. The number of carbonyl (C=O) groups is 1. The van der Waals surface area contributed by atoms with Crippen LogP contribution in [0.2, 0.25) is 0 Å². The Morgan fingerprint density at radius 3 is 2.70 bits per heavy atom. The van der Waals surface area contributed by atoms with Gasteiger partial charge in [-0.25, -0.2) is 9.37 Å². The van der Waals surface area contributed by atoms with Crippen LogP contribution < -0.4 is 5.32 Å². The van der Waals surface area contributed by atoms with Crippen LogP contribution in [0.3, 0.4) is 0 Å². The van der Waals surface area contributed by atoms with Crippen molar-refractivity contribution in [3.63, 3.8) is 0 Å². The first-order valence-corrected chi connectivity index (χ1v) is 9.34. The SMILES string of the molecule is O=C(CCc1ccc(F)cc1)Nc1nc(-c2ccc(Br)s2)cs1. The molecule has 7 heteroatoms. The topological polar surface area (TPSA) is 42.0 Å². The van der Waals surface area contributed by atoms with Gasteiger partial charge in [0.15, 0.2) is 5.13 Å². The summed E-state index contributed by atoms with van der Waals surface area (Å²) in [5, 5.41) is 5.32.